The van der Waals surface area contributed by atoms with E-state index in [9.17, 15) is 0 Å². The minimum absolute atomic E-state index is 0.427. The Morgan fingerprint density at radius 3 is 3.08 bits per heavy atom. The Hall–Kier alpha value is -1.55. The van der Waals surface area contributed by atoms with E-state index < -0.39 is 0 Å². The van der Waals surface area contributed by atoms with E-state index in [0.29, 0.717) is 18.2 Å². The van der Waals surface area contributed by atoms with E-state index in [1.165, 1.54) is 0 Å². The summed E-state index contributed by atoms with van der Waals surface area (Å²) < 4.78 is 0. The van der Waals surface area contributed by atoms with E-state index in [0.717, 1.165) is 5.56 Å². The van der Waals surface area contributed by atoms with Gasteiger partial charge >= 0.3 is 0 Å². The first-order valence-corrected chi connectivity index (χ1v) is 3.94. The lowest BCUT2D eigenvalue weighted by Crippen LogP contribution is -1.95. The van der Waals surface area contributed by atoms with Crippen LogP contribution in [0.15, 0.2) is 24.9 Å². The zero-order valence-electron chi connectivity index (χ0n) is 7.49. The summed E-state index contributed by atoms with van der Waals surface area (Å²) in [6.45, 7) is 5.97. The Morgan fingerprint density at radius 1 is 1.69 bits per heavy atom. The van der Waals surface area contributed by atoms with Gasteiger partial charge in [-0.25, -0.2) is 4.98 Å². The van der Waals surface area contributed by atoms with Crippen LogP contribution in [0, 0.1) is 0 Å². The number of nitrogen functional groups attached to an aromatic ring is 1. The summed E-state index contributed by atoms with van der Waals surface area (Å²) in [7, 11) is 0. The highest BCUT2D eigenvalue weighted by molar-refractivity contribution is 5.59. The molecular weight excluding hydrogens is 168 g/mol. The van der Waals surface area contributed by atoms with Crippen molar-refractivity contribution in [1.29, 1.82) is 0 Å². The predicted octanol–water partition coefficient (Wildman–Crippen LogP) is 1.60. The monoisotopic (exact) mass is 180 g/mol. The second-order valence-electron chi connectivity index (χ2n) is 2.38. The van der Waals surface area contributed by atoms with Gasteiger partial charge in [-0.05, 0) is 19.1 Å². The standard InChI is InChI=1S/C9H12N2O2/c1-3-12-13-7(2)8-4-5-11-9(10)6-8/h4-6H,2-3H2,1H3,(H2,10,11). The first-order chi connectivity index (χ1) is 6.24. The predicted molar refractivity (Wildman–Crippen MR) is 50.4 cm³/mol. The SMILES string of the molecule is C=C(OOCC)c1ccnc(N)c1. The van der Waals surface area contributed by atoms with Gasteiger partial charge in [-0.1, -0.05) is 6.58 Å². The molecule has 0 fully saturated rings. The summed E-state index contributed by atoms with van der Waals surface area (Å²) in [6.07, 6.45) is 1.59. The number of rotatable bonds is 4. The molecule has 0 atom stereocenters. The maximum atomic E-state index is 5.48. The molecule has 4 nitrogen and oxygen atoms in total. The number of pyridine rings is 1. The van der Waals surface area contributed by atoms with E-state index >= 15 is 0 Å². The molecule has 0 saturated heterocycles. The smallest absolute Gasteiger partial charge is 0.165 e. The molecule has 0 spiro atoms. The minimum atomic E-state index is 0.427. The van der Waals surface area contributed by atoms with Crippen LogP contribution in [0.2, 0.25) is 0 Å². The molecule has 1 rings (SSSR count). The van der Waals surface area contributed by atoms with Crippen LogP contribution in [0.4, 0.5) is 5.82 Å². The summed E-state index contributed by atoms with van der Waals surface area (Å²) in [4.78, 5) is 13.4. The lowest BCUT2D eigenvalue weighted by Gasteiger charge is -2.05. The molecule has 0 bridgehead atoms. The average molecular weight is 180 g/mol. The van der Waals surface area contributed by atoms with Crippen molar-refractivity contribution < 1.29 is 9.78 Å². The second kappa shape index (κ2) is 4.47. The molecule has 0 saturated carbocycles. The molecule has 1 aromatic heterocycles. The number of anilines is 1. The third-order valence-corrected chi connectivity index (χ3v) is 1.38. The first kappa shape index (κ1) is 9.54. The first-order valence-electron chi connectivity index (χ1n) is 3.94. The van der Waals surface area contributed by atoms with Crippen LogP contribution in [0.3, 0.4) is 0 Å². The lowest BCUT2D eigenvalue weighted by atomic mass is 10.2. The molecule has 2 N–H and O–H groups in total. The zero-order chi connectivity index (χ0) is 9.68. The fourth-order valence-corrected chi connectivity index (χ4v) is 0.800. The quantitative estimate of drug-likeness (QED) is 0.434. The fraction of sp³-hybridized carbons (Fsp3) is 0.222. The normalized spacial score (nSPS) is 9.62. The van der Waals surface area contributed by atoms with Gasteiger partial charge in [-0.15, -0.1) is 0 Å². The minimum Gasteiger partial charge on any atom is -0.384 e. The number of nitrogens with zero attached hydrogens (tertiary/aromatic N) is 1. The second-order valence-corrected chi connectivity index (χ2v) is 2.38. The highest BCUT2D eigenvalue weighted by Gasteiger charge is 2.00. The van der Waals surface area contributed by atoms with Gasteiger partial charge in [0.15, 0.2) is 5.76 Å². The van der Waals surface area contributed by atoms with E-state index in [2.05, 4.69) is 11.6 Å². The number of hydrogen-bond acceptors (Lipinski definition) is 4. The van der Waals surface area contributed by atoms with Crippen LogP contribution in [-0.2, 0) is 9.78 Å². The summed E-state index contributed by atoms with van der Waals surface area (Å²) >= 11 is 0. The third kappa shape index (κ3) is 2.76. The average Bonchev–Trinajstić information content (AvgIpc) is 2.14. The molecule has 0 aliphatic heterocycles. The van der Waals surface area contributed by atoms with Crippen LogP contribution in [0.5, 0.6) is 0 Å². The number of hydrogen-bond donors (Lipinski definition) is 1. The molecule has 0 aliphatic rings. The van der Waals surface area contributed by atoms with Crippen LogP contribution in [0.25, 0.3) is 5.76 Å². The third-order valence-electron chi connectivity index (χ3n) is 1.38. The topological polar surface area (TPSA) is 57.4 Å². The van der Waals surface area contributed by atoms with Gasteiger partial charge in [0.1, 0.15) is 5.82 Å². The van der Waals surface area contributed by atoms with Gasteiger partial charge in [-0.2, -0.15) is 4.89 Å². The lowest BCUT2D eigenvalue weighted by molar-refractivity contribution is -0.230. The fourth-order valence-electron chi connectivity index (χ4n) is 0.800. The molecule has 1 aromatic rings. The molecule has 0 aliphatic carbocycles. The summed E-state index contributed by atoms with van der Waals surface area (Å²) in [5.74, 6) is 0.856. The van der Waals surface area contributed by atoms with E-state index in [-0.39, 0.29) is 0 Å². The molecule has 70 valence electrons. The van der Waals surface area contributed by atoms with Gasteiger partial charge in [-0.3, -0.25) is 0 Å². The van der Waals surface area contributed by atoms with E-state index in [1.54, 1.807) is 18.3 Å². The van der Waals surface area contributed by atoms with Crippen molar-refractivity contribution in [3.63, 3.8) is 0 Å². The van der Waals surface area contributed by atoms with Crippen molar-refractivity contribution in [1.82, 2.24) is 4.98 Å². The van der Waals surface area contributed by atoms with Crippen molar-refractivity contribution in [2.75, 3.05) is 12.3 Å². The number of aromatic nitrogens is 1. The van der Waals surface area contributed by atoms with E-state index in [4.69, 9.17) is 15.5 Å². The van der Waals surface area contributed by atoms with Crippen LogP contribution in [-0.4, -0.2) is 11.6 Å². The van der Waals surface area contributed by atoms with Crippen LogP contribution >= 0.6 is 0 Å². The highest BCUT2D eigenvalue weighted by atomic mass is 17.2. The Balaban J connectivity index is 2.66. The Morgan fingerprint density at radius 2 is 2.46 bits per heavy atom. The van der Waals surface area contributed by atoms with Gasteiger partial charge < -0.3 is 10.6 Å². The largest absolute Gasteiger partial charge is 0.384 e. The van der Waals surface area contributed by atoms with Crippen molar-refractivity contribution in [2.45, 2.75) is 6.92 Å². The maximum Gasteiger partial charge on any atom is 0.165 e. The van der Waals surface area contributed by atoms with Crippen molar-refractivity contribution >= 4 is 11.6 Å². The van der Waals surface area contributed by atoms with Crippen LogP contribution in [0.1, 0.15) is 12.5 Å². The summed E-state index contributed by atoms with van der Waals surface area (Å²) in [6, 6.07) is 3.42. The molecule has 4 heteroatoms. The molecule has 0 aromatic carbocycles. The van der Waals surface area contributed by atoms with Crippen LogP contribution < -0.4 is 5.73 Å². The molecule has 0 amide bonds. The Labute approximate surface area is 76.9 Å². The highest BCUT2D eigenvalue weighted by Crippen LogP contribution is 2.14. The van der Waals surface area contributed by atoms with Crippen molar-refractivity contribution in [3.8, 4) is 0 Å². The van der Waals surface area contributed by atoms with Gasteiger partial charge in [0.2, 0.25) is 0 Å². The van der Waals surface area contributed by atoms with E-state index in [1.807, 2.05) is 6.92 Å². The molecular formula is C9H12N2O2. The summed E-state index contributed by atoms with van der Waals surface area (Å²) in [5.41, 5.74) is 6.24. The molecule has 0 radical (unpaired) electrons. The molecule has 0 unspecified atom stereocenters. The molecule has 1 heterocycles. The number of nitrogens with two attached hydrogens (primary N) is 1. The van der Waals surface area contributed by atoms with Gasteiger partial charge in [0.05, 0.1) is 6.61 Å². The van der Waals surface area contributed by atoms with Gasteiger partial charge in [0.25, 0.3) is 0 Å². The maximum absolute atomic E-state index is 5.48. The Kier molecular flexibility index (Phi) is 3.28. The van der Waals surface area contributed by atoms with Crippen molar-refractivity contribution in [2.24, 2.45) is 0 Å². The van der Waals surface area contributed by atoms with Crippen molar-refractivity contribution in [3.05, 3.63) is 30.5 Å². The van der Waals surface area contributed by atoms with Gasteiger partial charge in [0, 0.05) is 11.8 Å². The molecule has 13 heavy (non-hydrogen) atoms. The Bertz CT molecular complexity index is 299. The zero-order valence-corrected chi connectivity index (χ0v) is 7.49. The summed E-state index contributed by atoms with van der Waals surface area (Å²) in [5, 5.41) is 0.